The van der Waals surface area contributed by atoms with Crippen molar-refractivity contribution in [3.8, 4) is 11.1 Å². The van der Waals surface area contributed by atoms with E-state index < -0.39 is 0 Å². The minimum absolute atomic E-state index is 0.394. The molecule has 94 valence electrons. The normalized spacial score (nSPS) is 10.7. The predicted octanol–water partition coefficient (Wildman–Crippen LogP) is 5.17. The van der Waals surface area contributed by atoms with Gasteiger partial charge in [-0.1, -0.05) is 64.3 Å². The first-order chi connectivity index (χ1) is 8.63. The van der Waals surface area contributed by atoms with E-state index in [0.29, 0.717) is 21.7 Å². The van der Waals surface area contributed by atoms with E-state index in [1.54, 1.807) is 0 Å². The van der Waals surface area contributed by atoms with Crippen molar-refractivity contribution in [2.24, 2.45) is 0 Å². The lowest BCUT2D eigenvalue weighted by atomic mass is 10.1. The van der Waals surface area contributed by atoms with Crippen molar-refractivity contribution in [2.75, 3.05) is 0 Å². The lowest BCUT2D eigenvalue weighted by Crippen LogP contribution is -1.98. The summed E-state index contributed by atoms with van der Waals surface area (Å²) in [4.78, 5) is 8.58. The van der Waals surface area contributed by atoms with Crippen molar-refractivity contribution in [3.63, 3.8) is 0 Å². The Bertz CT molecular complexity index is 550. The summed E-state index contributed by atoms with van der Waals surface area (Å²) in [6.45, 7) is 2.06. The van der Waals surface area contributed by atoms with Gasteiger partial charge in [0.25, 0.3) is 0 Å². The van der Waals surface area contributed by atoms with Crippen LogP contribution >= 0.6 is 39.1 Å². The molecule has 2 rings (SSSR count). The Morgan fingerprint density at radius 2 is 1.72 bits per heavy atom. The van der Waals surface area contributed by atoms with E-state index in [-0.39, 0.29) is 0 Å². The van der Waals surface area contributed by atoms with Crippen LogP contribution in [0.2, 0.25) is 10.3 Å². The van der Waals surface area contributed by atoms with Gasteiger partial charge in [0.2, 0.25) is 0 Å². The summed E-state index contributed by atoms with van der Waals surface area (Å²) in [6, 6.07) is 7.72. The van der Waals surface area contributed by atoms with Gasteiger partial charge in [0.1, 0.15) is 16.1 Å². The molecule has 0 saturated carbocycles. The maximum absolute atomic E-state index is 6.22. The van der Waals surface area contributed by atoms with E-state index >= 15 is 0 Å². The zero-order chi connectivity index (χ0) is 13.1. The van der Waals surface area contributed by atoms with Gasteiger partial charge < -0.3 is 0 Å². The monoisotopic (exact) mass is 344 g/mol. The molecule has 0 bridgehead atoms. The molecule has 0 fully saturated rings. The Labute approximate surface area is 124 Å². The fourth-order valence-corrected chi connectivity index (χ4v) is 2.78. The predicted molar refractivity (Wildman–Crippen MR) is 79.2 cm³/mol. The van der Waals surface area contributed by atoms with Crippen molar-refractivity contribution in [1.29, 1.82) is 0 Å². The third kappa shape index (κ3) is 2.85. The zero-order valence-corrected chi connectivity index (χ0v) is 12.8. The summed E-state index contributed by atoms with van der Waals surface area (Å²) in [5.41, 5.74) is 1.57. The molecule has 0 aliphatic heterocycles. The molecule has 1 aromatic heterocycles. The maximum atomic E-state index is 6.22. The van der Waals surface area contributed by atoms with Crippen molar-refractivity contribution in [3.05, 3.63) is 44.9 Å². The smallest absolute Gasteiger partial charge is 0.142 e. The molecule has 5 heteroatoms. The molecule has 0 atom stereocenters. The molecule has 0 aliphatic carbocycles. The van der Waals surface area contributed by atoms with Gasteiger partial charge in [0.05, 0.1) is 5.56 Å². The molecule has 1 heterocycles. The molecule has 0 unspecified atom stereocenters. The van der Waals surface area contributed by atoms with Crippen LogP contribution in [0.3, 0.4) is 0 Å². The highest BCUT2D eigenvalue weighted by Crippen LogP contribution is 2.36. The number of hydrogen-bond donors (Lipinski definition) is 0. The Morgan fingerprint density at radius 1 is 1.11 bits per heavy atom. The number of nitrogens with zero attached hydrogens (tertiary/aromatic N) is 2. The van der Waals surface area contributed by atoms with E-state index in [4.69, 9.17) is 23.2 Å². The third-order valence-corrected chi connectivity index (χ3v) is 3.72. The van der Waals surface area contributed by atoms with Crippen LogP contribution in [-0.2, 0) is 6.42 Å². The van der Waals surface area contributed by atoms with Crippen LogP contribution in [0.25, 0.3) is 11.1 Å². The highest BCUT2D eigenvalue weighted by molar-refractivity contribution is 9.10. The quantitative estimate of drug-likeness (QED) is 0.717. The van der Waals surface area contributed by atoms with Gasteiger partial charge in [-0.3, -0.25) is 0 Å². The fraction of sp³-hybridized carbons (Fsp3) is 0.231. The Balaban J connectivity index is 2.56. The van der Waals surface area contributed by atoms with E-state index in [1.165, 1.54) is 0 Å². The van der Waals surface area contributed by atoms with Crippen molar-refractivity contribution in [1.82, 2.24) is 9.97 Å². The van der Waals surface area contributed by atoms with Gasteiger partial charge in [-0.15, -0.1) is 0 Å². The van der Waals surface area contributed by atoms with Crippen molar-refractivity contribution < 1.29 is 0 Å². The SMILES string of the molecule is CCCc1nc(Cl)c(-c2ccccc2Br)c(Cl)n1. The topological polar surface area (TPSA) is 25.8 Å². The van der Waals surface area contributed by atoms with Gasteiger partial charge in [-0.25, -0.2) is 9.97 Å². The van der Waals surface area contributed by atoms with E-state index in [9.17, 15) is 0 Å². The van der Waals surface area contributed by atoms with Crippen LogP contribution in [0.15, 0.2) is 28.7 Å². The van der Waals surface area contributed by atoms with Crippen LogP contribution in [0.5, 0.6) is 0 Å². The van der Waals surface area contributed by atoms with Gasteiger partial charge in [0.15, 0.2) is 0 Å². The van der Waals surface area contributed by atoms with E-state index in [1.807, 2.05) is 24.3 Å². The molecule has 2 nitrogen and oxygen atoms in total. The van der Waals surface area contributed by atoms with Crippen LogP contribution in [-0.4, -0.2) is 9.97 Å². The summed E-state index contributed by atoms with van der Waals surface area (Å²) in [6.07, 6.45) is 1.73. The summed E-state index contributed by atoms with van der Waals surface area (Å²) in [7, 11) is 0. The summed E-state index contributed by atoms with van der Waals surface area (Å²) in [5.74, 6) is 0.684. The lowest BCUT2D eigenvalue weighted by Gasteiger charge is -2.09. The number of rotatable bonds is 3. The molecule has 1 aromatic carbocycles. The Kier molecular flexibility index (Phi) is 4.60. The highest BCUT2D eigenvalue weighted by atomic mass is 79.9. The number of hydrogen-bond acceptors (Lipinski definition) is 2. The fourth-order valence-electron chi connectivity index (χ4n) is 1.67. The third-order valence-electron chi connectivity index (χ3n) is 2.48. The number of aromatic nitrogens is 2. The largest absolute Gasteiger partial charge is 0.220 e. The molecular weight excluding hydrogens is 335 g/mol. The molecule has 0 spiro atoms. The van der Waals surface area contributed by atoms with E-state index in [0.717, 1.165) is 22.9 Å². The second-order valence-electron chi connectivity index (χ2n) is 3.83. The molecule has 18 heavy (non-hydrogen) atoms. The standard InChI is InChI=1S/C13H11BrCl2N2/c1-2-5-10-17-12(15)11(13(16)18-10)8-6-3-4-7-9(8)14/h3-4,6-7H,2,5H2,1H3. The van der Waals surface area contributed by atoms with Gasteiger partial charge in [-0.05, 0) is 12.5 Å². The summed E-state index contributed by atoms with van der Waals surface area (Å²) in [5, 5.41) is 0.788. The minimum Gasteiger partial charge on any atom is -0.220 e. The minimum atomic E-state index is 0.394. The molecular formula is C13H11BrCl2N2. The zero-order valence-electron chi connectivity index (χ0n) is 9.75. The summed E-state index contributed by atoms with van der Waals surface area (Å²) < 4.78 is 0.917. The maximum Gasteiger partial charge on any atom is 0.142 e. The Hall–Kier alpha value is -0.640. The van der Waals surface area contributed by atoms with Crippen LogP contribution in [0.1, 0.15) is 19.2 Å². The molecule has 0 saturated heterocycles. The van der Waals surface area contributed by atoms with Crippen LogP contribution in [0, 0.1) is 0 Å². The first kappa shape index (κ1) is 13.8. The Morgan fingerprint density at radius 3 is 2.28 bits per heavy atom. The van der Waals surface area contributed by atoms with Crippen molar-refractivity contribution in [2.45, 2.75) is 19.8 Å². The average Bonchev–Trinajstić information content (AvgIpc) is 2.31. The molecule has 0 radical (unpaired) electrons. The van der Waals surface area contributed by atoms with E-state index in [2.05, 4.69) is 32.8 Å². The number of aryl methyl sites for hydroxylation is 1. The second-order valence-corrected chi connectivity index (χ2v) is 5.40. The second kappa shape index (κ2) is 6.00. The van der Waals surface area contributed by atoms with Crippen LogP contribution in [0.4, 0.5) is 0 Å². The number of halogens is 3. The number of benzene rings is 1. The molecule has 2 aromatic rings. The van der Waals surface area contributed by atoms with Gasteiger partial charge in [-0.2, -0.15) is 0 Å². The lowest BCUT2D eigenvalue weighted by molar-refractivity contribution is 0.835. The van der Waals surface area contributed by atoms with Gasteiger partial charge in [0, 0.05) is 16.5 Å². The highest BCUT2D eigenvalue weighted by Gasteiger charge is 2.15. The van der Waals surface area contributed by atoms with Crippen LogP contribution < -0.4 is 0 Å². The summed E-state index contributed by atoms with van der Waals surface area (Å²) >= 11 is 15.9. The van der Waals surface area contributed by atoms with Crippen molar-refractivity contribution >= 4 is 39.1 Å². The molecule has 0 N–H and O–H groups in total. The first-order valence-electron chi connectivity index (χ1n) is 5.60. The average molecular weight is 346 g/mol. The van der Waals surface area contributed by atoms with Gasteiger partial charge >= 0.3 is 0 Å². The first-order valence-corrected chi connectivity index (χ1v) is 7.15. The molecule has 0 aliphatic rings. The molecule has 0 amide bonds.